The van der Waals surface area contributed by atoms with Gasteiger partial charge in [0.05, 0.1) is 24.3 Å². The number of fused-ring (bicyclic) bond motifs is 1. The molecule has 34 heavy (non-hydrogen) atoms. The third kappa shape index (κ3) is 4.20. The molecule has 174 valence electrons. The minimum absolute atomic E-state index is 0.0538. The molecule has 0 spiro atoms. The van der Waals surface area contributed by atoms with Crippen molar-refractivity contribution >= 4 is 5.97 Å². The second kappa shape index (κ2) is 9.32. The largest absolute Gasteiger partial charge is 0.493 e. The molecule has 0 radical (unpaired) electrons. The number of hydrogen-bond donors (Lipinski definition) is 2. The number of para-hydroxylation sites is 1. The van der Waals surface area contributed by atoms with Gasteiger partial charge in [0.25, 0.3) is 0 Å². The fraction of sp³-hybridized carbons (Fsp3) is 0.269. The van der Waals surface area contributed by atoms with Gasteiger partial charge in [-0.3, -0.25) is 9.89 Å². The lowest BCUT2D eigenvalue weighted by atomic mass is 9.82. The molecule has 1 unspecified atom stereocenters. The highest BCUT2D eigenvalue weighted by atomic mass is 16.6. The Kier molecular flexibility index (Phi) is 6.28. The van der Waals surface area contributed by atoms with Crippen molar-refractivity contribution < 1.29 is 19.0 Å². The van der Waals surface area contributed by atoms with Crippen LogP contribution in [0.5, 0.6) is 17.4 Å². The highest BCUT2D eigenvalue weighted by Crippen LogP contribution is 2.49. The second-order valence-electron chi connectivity index (χ2n) is 8.51. The van der Waals surface area contributed by atoms with Crippen LogP contribution in [-0.4, -0.2) is 23.3 Å². The van der Waals surface area contributed by atoms with Crippen molar-refractivity contribution in [2.75, 3.05) is 7.11 Å². The summed E-state index contributed by atoms with van der Waals surface area (Å²) in [4.78, 5) is 11.9. The molecule has 8 heteroatoms. The summed E-state index contributed by atoms with van der Waals surface area (Å²) in [6.07, 6.45) is 0.973. The van der Waals surface area contributed by atoms with Crippen molar-refractivity contribution in [3.05, 3.63) is 70.6 Å². The van der Waals surface area contributed by atoms with Gasteiger partial charge in [0, 0.05) is 18.1 Å². The average Bonchev–Trinajstić information content (AvgIpc) is 3.21. The van der Waals surface area contributed by atoms with Gasteiger partial charge in [0.1, 0.15) is 11.6 Å². The Morgan fingerprint density at radius 2 is 2.00 bits per heavy atom. The van der Waals surface area contributed by atoms with Gasteiger partial charge in [-0.25, -0.2) is 0 Å². The number of H-pyrrole nitrogens is 1. The number of methoxy groups -OCH3 is 1. The summed E-state index contributed by atoms with van der Waals surface area (Å²) in [5.74, 6) is 0.128. The Morgan fingerprint density at radius 1 is 1.26 bits per heavy atom. The zero-order valence-corrected chi connectivity index (χ0v) is 19.5. The van der Waals surface area contributed by atoms with E-state index in [9.17, 15) is 10.1 Å². The van der Waals surface area contributed by atoms with Crippen LogP contribution in [0.4, 0.5) is 0 Å². The van der Waals surface area contributed by atoms with Crippen LogP contribution in [0.2, 0.25) is 0 Å². The van der Waals surface area contributed by atoms with Crippen molar-refractivity contribution in [2.24, 2.45) is 11.7 Å². The van der Waals surface area contributed by atoms with Crippen LogP contribution >= 0.6 is 0 Å². The number of carbonyl (C=O) groups excluding carboxylic acids is 1. The Hall–Kier alpha value is -4.25. The minimum atomic E-state index is -0.692. The number of benzene rings is 2. The van der Waals surface area contributed by atoms with Gasteiger partial charge in [0.2, 0.25) is 11.8 Å². The summed E-state index contributed by atoms with van der Waals surface area (Å²) in [7, 11) is 1.49. The molecule has 0 bridgehead atoms. The van der Waals surface area contributed by atoms with Gasteiger partial charge in [0.15, 0.2) is 11.5 Å². The molecule has 0 fully saturated rings. The molecular formula is C26H26N4O4. The van der Waals surface area contributed by atoms with Crippen molar-refractivity contribution in [3.63, 3.8) is 0 Å². The molecular weight excluding hydrogens is 432 g/mol. The van der Waals surface area contributed by atoms with Crippen LogP contribution in [0.25, 0.3) is 11.3 Å². The topological polar surface area (TPSA) is 123 Å². The third-order valence-electron chi connectivity index (χ3n) is 5.61. The predicted molar refractivity (Wildman–Crippen MR) is 126 cm³/mol. The maximum atomic E-state index is 11.9. The van der Waals surface area contributed by atoms with Gasteiger partial charge >= 0.3 is 5.97 Å². The summed E-state index contributed by atoms with van der Waals surface area (Å²) in [5.41, 5.74) is 10.3. The number of aromatic nitrogens is 2. The smallest absolute Gasteiger partial charge is 0.308 e. The molecule has 0 amide bonds. The number of nitriles is 1. The standard InChI is InChI=1S/C26H26N4O4/c1-14(2)12-16-8-10-17(11-9-16)23-22-21(19(13-27)25(28)34-26(22)30-29-23)18-6-5-7-20(32-4)24(18)33-15(3)31/h5-11,14,21H,12,28H2,1-4H3,(H,29,30). The van der Waals surface area contributed by atoms with E-state index in [-0.39, 0.29) is 23.1 Å². The summed E-state index contributed by atoms with van der Waals surface area (Å²) in [6.45, 7) is 5.66. The normalized spacial score (nSPS) is 14.9. The number of nitrogens with two attached hydrogens (primary N) is 1. The fourth-order valence-corrected chi connectivity index (χ4v) is 4.23. The minimum Gasteiger partial charge on any atom is -0.493 e. The number of ether oxygens (including phenoxy) is 3. The van der Waals surface area contributed by atoms with E-state index in [1.165, 1.54) is 19.6 Å². The van der Waals surface area contributed by atoms with Crippen LogP contribution in [0.15, 0.2) is 53.9 Å². The molecule has 4 rings (SSSR count). The lowest BCUT2D eigenvalue weighted by Crippen LogP contribution is -2.21. The monoisotopic (exact) mass is 458 g/mol. The van der Waals surface area contributed by atoms with Gasteiger partial charge in [-0.15, -0.1) is 5.10 Å². The number of hydrogen-bond acceptors (Lipinski definition) is 7. The predicted octanol–water partition coefficient (Wildman–Crippen LogP) is 4.43. The summed E-state index contributed by atoms with van der Waals surface area (Å²) in [5, 5.41) is 17.4. The average molecular weight is 459 g/mol. The maximum Gasteiger partial charge on any atom is 0.308 e. The van der Waals surface area contributed by atoms with Crippen LogP contribution < -0.4 is 19.9 Å². The molecule has 2 aromatic carbocycles. The van der Waals surface area contributed by atoms with Gasteiger partial charge in [-0.1, -0.05) is 50.2 Å². The van der Waals surface area contributed by atoms with Gasteiger partial charge < -0.3 is 19.9 Å². The van der Waals surface area contributed by atoms with Crippen molar-refractivity contribution in [1.82, 2.24) is 10.2 Å². The van der Waals surface area contributed by atoms with Crippen molar-refractivity contribution in [3.8, 4) is 34.7 Å². The van der Waals surface area contributed by atoms with Crippen LogP contribution in [0.3, 0.4) is 0 Å². The first-order valence-corrected chi connectivity index (χ1v) is 10.9. The van der Waals surface area contributed by atoms with Gasteiger partial charge in [-0.05, 0) is 24.0 Å². The van der Waals surface area contributed by atoms with Crippen LogP contribution in [-0.2, 0) is 11.2 Å². The highest BCUT2D eigenvalue weighted by Gasteiger charge is 2.38. The molecule has 1 atom stereocenters. The molecule has 1 aromatic heterocycles. The first-order valence-electron chi connectivity index (χ1n) is 10.9. The van der Waals surface area contributed by atoms with E-state index in [0.717, 1.165) is 12.0 Å². The van der Waals surface area contributed by atoms with Gasteiger partial charge in [-0.2, -0.15) is 5.26 Å². The van der Waals surface area contributed by atoms with E-state index in [2.05, 4.69) is 42.2 Å². The molecule has 2 heterocycles. The molecule has 0 saturated heterocycles. The fourth-order valence-electron chi connectivity index (χ4n) is 4.23. The number of allylic oxidation sites excluding steroid dienone is 1. The van der Waals surface area contributed by atoms with Crippen LogP contribution in [0, 0.1) is 17.2 Å². The number of nitrogens with one attached hydrogen (secondary N) is 1. The van der Waals surface area contributed by atoms with E-state index < -0.39 is 11.9 Å². The van der Waals surface area contributed by atoms with Crippen molar-refractivity contribution in [2.45, 2.75) is 33.1 Å². The SMILES string of the molecule is COc1cccc(C2C(C#N)=C(N)Oc3n[nH]c(-c4ccc(CC(C)C)cc4)c32)c1OC(C)=O. The van der Waals surface area contributed by atoms with E-state index in [4.69, 9.17) is 19.9 Å². The van der Waals surface area contributed by atoms with E-state index in [1.807, 2.05) is 12.1 Å². The first kappa shape index (κ1) is 22.9. The van der Waals surface area contributed by atoms with E-state index >= 15 is 0 Å². The maximum absolute atomic E-state index is 11.9. The Morgan fingerprint density at radius 3 is 2.62 bits per heavy atom. The molecule has 0 aliphatic carbocycles. The molecule has 3 N–H and O–H groups in total. The Balaban J connectivity index is 1.91. The number of esters is 1. The zero-order valence-electron chi connectivity index (χ0n) is 19.5. The zero-order chi connectivity index (χ0) is 24.4. The first-order chi connectivity index (χ1) is 16.3. The lowest BCUT2D eigenvalue weighted by molar-refractivity contribution is -0.132. The Bertz CT molecular complexity index is 1300. The van der Waals surface area contributed by atoms with Crippen LogP contribution in [0.1, 0.15) is 43.4 Å². The quantitative estimate of drug-likeness (QED) is 0.414. The molecule has 0 saturated carbocycles. The lowest BCUT2D eigenvalue weighted by Gasteiger charge is -2.26. The molecule has 3 aromatic rings. The molecule has 1 aliphatic heterocycles. The van der Waals surface area contributed by atoms with E-state index in [0.29, 0.717) is 28.5 Å². The number of rotatable bonds is 6. The summed E-state index contributed by atoms with van der Waals surface area (Å²) >= 11 is 0. The Labute approximate surface area is 197 Å². The molecule has 1 aliphatic rings. The second-order valence-corrected chi connectivity index (χ2v) is 8.51. The van der Waals surface area contributed by atoms with E-state index in [1.54, 1.807) is 18.2 Å². The summed E-state index contributed by atoms with van der Waals surface area (Å²) < 4.78 is 16.7. The molecule has 8 nitrogen and oxygen atoms in total. The number of nitrogens with zero attached hydrogens (tertiary/aromatic N) is 2. The number of carbonyl (C=O) groups is 1. The third-order valence-corrected chi connectivity index (χ3v) is 5.61. The number of aromatic amines is 1. The van der Waals surface area contributed by atoms with Crippen molar-refractivity contribution in [1.29, 1.82) is 5.26 Å². The highest BCUT2D eigenvalue weighted by molar-refractivity contribution is 5.75. The summed E-state index contributed by atoms with van der Waals surface area (Å²) in [6, 6.07) is 15.6.